The second-order valence-corrected chi connectivity index (χ2v) is 3.33. The average Bonchev–Trinajstić information content (AvgIpc) is 2.00. The lowest BCUT2D eigenvalue weighted by Gasteiger charge is -2.21. The minimum Gasteiger partial charge on any atom is -0.516 e. The molecule has 0 saturated carbocycles. The summed E-state index contributed by atoms with van der Waals surface area (Å²) in [5, 5.41) is 8.48. The van der Waals surface area contributed by atoms with Gasteiger partial charge in [-0.15, -0.1) is 0 Å². The monoisotopic (exact) mass is 172 g/mol. The molecule has 0 radical (unpaired) electrons. The van der Waals surface area contributed by atoms with Crippen molar-refractivity contribution in [3.63, 3.8) is 0 Å². The van der Waals surface area contributed by atoms with E-state index >= 15 is 0 Å². The molecule has 0 aliphatic rings. The van der Waals surface area contributed by atoms with Crippen LogP contribution in [-0.4, -0.2) is 36.2 Å². The maximum Gasteiger partial charge on any atom is 0.0764 e. The highest BCUT2D eigenvalue weighted by atomic mass is 16.2. The number of hydrogen-bond donors (Lipinski definition) is 2. The van der Waals surface area contributed by atoms with E-state index in [4.69, 9.17) is 10.8 Å². The van der Waals surface area contributed by atoms with Crippen molar-refractivity contribution in [3.8, 4) is 0 Å². The van der Waals surface area contributed by atoms with E-state index in [1.54, 1.807) is 6.08 Å². The summed E-state index contributed by atoms with van der Waals surface area (Å²) in [7, 11) is 0. The van der Waals surface area contributed by atoms with Gasteiger partial charge in [-0.05, 0) is 12.0 Å². The maximum absolute atomic E-state index is 8.48. The summed E-state index contributed by atoms with van der Waals surface area (Å²) >= 11 is 0. The molecule has 0 aromatic rings. The molecule has 0 spiro atoms. The van der Waals surface area contributed by atoms with Gasteiger partial charge in [0.05, 0.1) is 6.26 Å². The lowest BCUT2D eigenvalue weighted by molar-refractivity contribution is 0.273. The summed E-state index contributed by atoms with van der Waals surface area (Å²) < 4.78 is 0. The van der Waals surface area contributed by atoms with Gasteiger partial charge in [-0.25, -0.2) is 0 Å². The Labute approximate surface area is 74.9 Å². The van der Waals surface area contributed by atoms with Crippen LogP contribution in [0.2, 0.25) is 0 Å². The second-order valence-electron chi connectivity index (χ2n) is 3.33. The molecule has 0 amide bonds. The van der Waals surface area contributed by atoms with Crippen LogP contribution in [0.5, 0.6) is 0 Å². The van der Waals surface area contributed by atoms with Crippen LogP contribution in [-0.2, 0) is 0 Å². The van der Waals surface area contributed by atoms with E-state index in [1.165, 1.54) is 0 Å². The van der Waals surface area contributed by atoms with Crippen LogP contribution in [0.3, 0.4) is 0 Å². The molecule has 0 aliphatic carbocycles. The van der Waals surface area contributed by atoms with Crippen molar-refractivity contribution < 1.29 is 5.11 Å². The summed E-state index contributed by atoms with van der Waals surface area (Å²) in [4.78, 5) is 2.22. The van der Waals surface area contributed by atoms with Gasteiger partial charge in [-0.1, -0.05) is 13.8 Å². The van der Waals surface area contributed by atoms with Gasteiger partial charge in [-0.3, -0.25) is 4.90 Å². The molecule has 72 valence electrons. The quantitative estimate of drug-likeness (QED) is 0.587. The summed E-state index contributed by atoms with van der Waals surface area (Å²) in [5.74, 6) is 0.642. The minimum absolute atomic E-state index is 0.642. The predicted octanol–water partition coefficient (Wildman–Crippen LogP) is 0.975. The Hall–Kier alpha value is -0.540. The Morgan fingerprint density at radius 2 is 2.17 bits per heavy atom. The molecule has 0 saturated heterocycles. The van der Waals surface area contributed by atoms with E-state index in [9.17, 15) is 0 Å². The molecule has 0 heterocycles. The molecule has 3 heteroatoms. The highest BCUT2D eigenvalue weighted by Gasteiger charge is 2.03. The van der Waals surface area contributed by atoms with Gasteiger partial charge in [0.15, 0.2) is 0 Å². The van der Waals surface area contributed by atoms with Gasteiger partial charge in [0.2, 0.25) is 0 Å². The van der Waals surface area contributed by atoms with Crippen LogP contribution in [0.25, 0.3) is 0 Å². The van der Waals surface area contributed by atoms with Crippen LogP contribution < -0.4 is 5.73 Å². The Morgan fingerprint density at radius 3 is 2.58 bits per heavy atom. The third-order valence-electron chi connectivity index (χ3n) is 1.54. The molecule has 0 rings (SSSR count). The van der Waals surface area contributed by atoms with E-state index in [0.717, 1.165) is 25.9 Å². The van der Waals surface area contributed by atoms with Crippen LogP contribution in [0.4, 0.5) is 0 Å². The standard InChI is InChI=1S/C9H20N2O/c1-9(2)8-11(6-4-10)5-3-7-12/h3,7,9,12H,4-6,8,10H2,1-2H3/b7-3+. The third kappa shape index (κ3) is 6.19. The van der Waals surface area contributed by atoms with Crippen molar-refractivity contribution >= 4 is 0 Å². The topological polar surface area (TPSA) is 49.5 Å². The lowest BCUT2D eigenvalue weighted by Crippen LogP contribution is -2.32. The van der Waals surface area contributed by atoms with Gasteiger partial charge in [0.25, 0.3) is 0 Å². The molecule has 0 bridgehead atoms. The molecule has 0 fully saturated rings. The fourth-order valence-corrected chi connectivity index (χ4v) is 1.15. The maximum atomic E-state index is 8.48. The molecular weight excluding hydrogens is 152 g/mol. The molecule has 0 aromatic carbocycles. The van der Waals surface area contributed by atoms with Gasteiger partial charge in [0, 0.05) is 26.2 Å². The zero-order chi connectivity index (χ0) is 9.40. The van der Waals surface area contributed by atoms with Crippen LogP contribution in [0.1, 0.15) is 13.8 Å². The number of aliphatic hydroxyl groups excluding tert-OH is 1. The fraction of sp³-hybridized carbons (Fsp3) is 0.778. The van der Waals surface area contributed by atoms with E-state index < -0.39 is 0 Å². The van der Waals surface area contributed by atoms with Crippen molar-refractivity contribution in [2.24, 2.45) is 11.7 Å². The van der Waals surface area contributed by atoms with Crippen molar-refractivity contribution in [3.05, 3.63) is 12.3 Å². The first-order chi connectivity index (χ1) is 5.70. The number of nitrogens with two attached hydrogens (primary N) is 1. The first-order valence-electron chi connectivity index (χ1n) is 4.42. The molecule has 3 N–H and O–H groups in total. The first-order valence-corrected chi connectivity index (χ1v) is 4.42. The molecule has 0 aliphatic heterocycles. The highest BCUT2D eigenvalue weighted by Crippen LogP contribution is 1.97. The predicted molar refractivity (Wildman–Crippen MR) is 52.1 cm³/mol. The Bertz CT molecular complexity index is 124. The summed E-state index contributed by atoms with van der Waals surface area (Å²) in [5.41, 5.74) is 5.45. The summed E-state index contributed by atoms with van der Waals surface area (Å²) in [6, 6.07) is 0. The van der Waals surface area contributed by atoms with Gasteiger partial charge < -0.3 is 10.8 Å². The molecule has 0 aromatic heterocycles. The number of hydrogen-bond acceptors (Lipinski definition) is 3. The number of aliphatic hydroxyl groups is 1. The minimum atomic E-state index is 0.642. The molecule has 0 unspecified atom stereocenters. The molecule has 12 heavy (non-hydrogen) atoms. The summed E-state index contributed by atoms with van der Waals surface area (Å²) in [6.45, 7) is 7.72. The van der Waals surface area contributed by atoms with Crippen LogP contribution >= 0.6 is 0 Å². The largest absolute Gasteiger partial charge is 0.516 e. The smallest absolute Gasteiger partial charge is 0.0764 e. The van der Waals surface area contributed by atoms with Crippen molar-refractivity contribution in [2.75, 3.05) is 26.2 Å². The van der Waals surface area contributed by atoms with Crippen molar-refractivity contribution in [1.82, 2.24) is 4.90 Å². The molecule has 3 nitrogen and oxygen atoms in total. The van der Waals surface area contributed by atoms with Crippen LogP contribution in [0, 0.1) is 5.92 Å². The SMILES string of the molecule is CC(C)CN(C/C=C/O)CCN. The molecular formula is C9H20N2O. The lowest BCUT2D eigenvalue weighted by atomic mass is 10.2. The molecule has 0 atom stereocenters. The second kappa shape index (κ2) is 7.13. The van der Waals surface area contributed by atoms with E-state index in [-0.39, 0.29) is 0 Å². The van der Waals surface area contributed by atoms with Crippen LogP contribution in [0.15, 0.2) is 12.3 Å². The van der Waals surface area contributed by atoms with Gasteiger partial charge >= 0.3 is 0 Å². The normalized spacial score (nSPS) is 12.1. The first kappa shape index (κ1) is 11.5. The number of nitrogens with zero attached hydrogens (tertiary/aromatic N) is 1. The Balaban J connectivity index is 3.69. The van der Waals surface area contributed by atoms with E-state index in [0.29, 0.717) is 12.5 Å². The Morgan fingerprint density at radius 1 is 1.50 bits per heavy atom. The average molecular weight is 172 g/mol. The summed E-state index contributed by atoms with van der Waals surface area (Å²) in [6.07, 6.45) is 2.82. The fourth-order valence-electron chi connectivity index (χ4n) is 1.15. The van der Waals surface area contributed by atoms with E-state index in [2.05, 4.69) is 18.7 Å². The van der Waals surface area contributed by atoms with E-state index in [1.807, 2.05) is 0 Å². The van der Waals surface area contributed by atoms with Gasteiger partial charge in [0.1, 0.15) is 0 Å². The van der Waals surface area contributed by atoms with Crippen molar-refractivity contribution in [1.29, 1.82) is 0 Å². The third-order valence-corrected chi connectivity index (χ3v) is 1.54. The van der Waals surface area contributed by atoms with Crippen molar-refractivity contribution in [2.45, 2.75) is 13.8 Å². The number of rotatable bonds is 6. The highest BCUT2D eigenvalue weighted by molar-refractivity contribution is 4.77. The van der Waals surface area contributed by atoms with Gasteiger partial charge in [-0.2, -0.15) is 0 Å². The Kier molecular flexibility index (Phi) is 6.81. The zero-order valence-corrected chi connectivity index (χ0v) is 8.03. The zero-order valence-electron chi connectivity index (χ0n) is 8.03.